The Balaban J connectivity index is 2.04. The van der Waals surface area contributed by atoms with Crippen molar-refractivity contribution in [2.24, 2.45) is 0 Å². The third-order valence-corrected chi connectivity index (χ3v) is 4.21. The molecule has 0 N–H and O–H groups in total. The maximum Gasteiger partial charge on any atom is 0.0638 e. The summed E-state index contributed by atoms with van der Waals surface area (Å²) >= 11 is 0. The summed E-state index contributed by atoms with van der Waals surface area (Å²) in [4.78, 5) is 4.67. The second-order valence-electron chi connectivity index (χ2n) is 5.49. The van der Waals surface area contributed by atoms with Crippen LogP contribution < -0.4 is 15.1 Å². The summed E-state index contributed by atoms with van der Waals surface area (Å²) in [6.45, 7) is 12.8. The van der Waals surface area contributed by atoms with Gasteiger partial charge in [0.25, 0.3) is 0 Å². The average Bonchev–Trinajstić information content (AvgIpc) is 2.60. The minimum atomic E-state index is 0.997. The van der Waals surface area contributed by atoms with Gasteiger partial charge in [0.1, 0.15) is 0 Å². The van der Waals surface area contributed by atoms with Gasteiger partial charge in [0, 0.05) is 37.6 Å². The lowest BCUT2D eigenvalue weighted by Crippen LogP contribution is -2.21. The van der Waals surface area contributed by atoms with Crippen LogP contribution in [0.4, 0.5) is 22.7 Å². The SMILES string of the molecule is CCN(CC)c1ccc([N]c2ccc(N(CC)CC)cc2)cc1. The van der Waals surface area contributed by atoms with Crippen LogP contribution in [0.1, 0.15) is 27.7 Å². The Labute approximate surface area is 140 Å². The van der Waals surface area contributed by atoms with E-state index < -0.39 is 0 Å². The topological polar surface area (TPSA) is 20.6 Å². The summed E-state index contributed by atoms with van der Waals surface area (Å²) in [6.07, 6.45) is 0. The number of nitrogens with zero attached hydrogens (tertiary/aromatic N) is 3. The first-order valence-corrected chi connectivity index (χ1v) is 8.63. The minimum absolute atomic E-state index is 0.997. The molecule has 2 rings (SSSR count). The zero-order valence-corrected chi connectivity index (χ0v) is 14.8. The van der Waals surface area contributed by atoms with E-state index in [-0.39, 0.29) is 0 Å². The van der Waals surface area contributed by atoms with Crippen molar-refractivity contribution in [1.82, 2.24) is 5.32 Å². The molecule has 0 spiro atoms. The fraction of sp³-hybridized carbons (Fsp3) is 0.400. The van der Waals surface area contributed by atoms with Crippen LogP contribution in [0.25, 0.3) is 0 Å². The van der Waals surface area contributed by atoms with Crippen LogP contribution in [0.15, 0.2) is 48.5 Å². The van der Waals surface area contributed by atoms with Gasteiger partial charge in [0.05, 0.1) is 11.4 Å². The summed E-state index contributed by atoms with van der Waals surface area (Å²) in [7, 11) is 0. The maximum absolute atomic E-state index is 4.71. The normalized spacial score (nSPS) is 10.4. The third-order valence-electron chi connectivity index (χ3n) is 4.21. The van der Waals surface area contributed by atoms with Crippen molar-refractivity contribution in [3.63, 3.8) is 0 Å². The second-order valence-corrected chi connectivity index (χ2v) is 5.49. The van der Waals surface area contributed by atoms with Crippen molar-refractivity contribution in [2.75, 3.05) is 36.0 Å². The predicted octanol–water partition coefficient (Wildman–Crippen LogP) is 4.95. The van der Waals surface area contributed by atoms with Gasteiger partial charge in [0.15, 0.2) is 0 Å². The van der Waals surface area contributed by atoms with E-state index in [9.17, 15) is 0 Å². The Bertz CT molecular complexity index is 513. The molecule has 3 nitrogen and oxygen atoms in total. The number of rotatable bonds is 8. The van der Waals surface area contributed by atoms with Crippen molar-refractivity contribution >= 4 is 22.7 Å². The Hall–Kier alpha value is -2.16. The van der Waals surface area contributed by atoms with Gasteiger partial charge in [0.2, 0.25) is 0 Å². The fourth-order valence-electron chi connectivity index (χ4n) is 2.80. The average molecular weight is 310 g/mol. The molecule has 0 aromatic heterocycles. The predicted molar refractivity (Wildman–Crippen MR) is 101 cm³/mol. The van der Waals surface area contributed by atoms with Gasteiger partial charge in [-0.05, 0) is 76.2 Å². The Morgan fingerprint density at radius 3 is 1.13 bits per heavy atom. The van der Waals surface area contributed by atoms with Crippen molar-refractivity contribution in [2.45, 2.75) is 27.7 Å². The standard InChI is InChI=1S/C20H28N3/c1-5-22(6-2)19-13-9-17(10-14-19)21-18-11-15-20(16-12-18)23(7-3)8-4/h9-16H,5-8H2,1-4H3. The number of hydrogen-bond acceptors (Lipinski definition) is 2. The van der Waals surface area contributed by atoms with E-state index >= 15 is 0 Å². The smallest absolute Gasteiger partial charge is 0.0638 e. The maximum atomic E-state index is 4.71. The van der Waals surface area contributed by atoms with Crippen LogP contribution >= 0.6 is 0 Å². The third kappa shape index (κ3) is 4.41. The lowest BCUT2D eigenvalue weighted by atomic mass is 10.2. The first kappa shape index (κ1) is 17.2. The molecule has 3 heteroatoms. The highest BCUT2D eigenvalue weighted by Crippen LogP contribution is 2.23. The summed E-state index contributed by atoms with van der Waals surface area (Å²) < 4.78 is 0. The number of anilines is 2. The van der Waals surface area contributed by atoms with E-state index in [0.29, 0.717) is 0 Å². The van der Waals surface area contributed by atoms with Gasteiger partial charge in [-0.25, -0.2) is 5.32 Å². The van der Waals surface area contributed by atoms with E-state index in [1.54, 1.807) is 0 Å². The molecule has 0 amide bonds. The van der Waals surface area contributed by atoms with E-state index in [0.717, 1.165) is 37.6 Å². The zero-order valence-electron chi connectivity index (χ0n) is 14.8. The molecule has 0 heterocycles. The van der Waals surface area contributed by atoms with Crippen LogP contribution in [-0.2, 0) is 0 Å². The molecule has 0 unspecified atom stereocenters. The summed E-state index contributed by atoms with van der Waals surface area (Å²) in [6, 6.07) is 17.0. The molecule has 0 aliphatic carbocycles. The molecule has 0 saturated carbocycles. The van der Waals surface area contributed by atoms with Crippen LogP contribution in [0, 0.1) is 0 Å². The van der Waals surface area contributed by atoms with E-state index in [1.165, 1.54) is 11.4 Å². The molecule has 0 aliphatic heterocycles. The molecule has 2 aromatic rings. The largest absolute Gasteiger partial charge is 0.372 e. The lowest BCUT2D eigenvalue weighted by molar-refractivity contribution is 0.865. The molecular formula is C20H28N3. The first-order valence-electron chi connectivity index (χ1n) is 8.63. The molecule has 0 aliphatic rings. The highest BCUT2D eigenvalue weighted by Gasteiger charge is 2.04. The van der Waals surface area contributed by atoms with Gasteiger partial charge in [-0.2, -0.15) is 0 Å². The zero-order chi connectivity index (χ0) is 16.7. The van der Waals surface area contributed by atoms with Gasteiger partial charge >= 0.3 is 0 Å². The number of benzene rings is 2. The minimum Gasteiger partial charge on any atom is -0.372 e. The highest BCUT2D eigenvalue weighted by molar-refractivity contribution is 5.58. The fourth-order valence-corrected chi connectivity index (χ4v) is 2.80. The van der Waals surface area contributed by atoms with Crippen LogP contribution in [0.2, 0.25) is 0 Å². The molecule has 23 heavy (non-hydrogen) atoms. The summed E-state index contributed by atoms with van der Waals surface area (Å²) in [5.74, 6) is 0. The molecule has 1 radical (unpaired) electrons. The molecule has 0 bridgehead atoms. The molecule has 123 valence electrons. The Morgan fingerprint density at radius 2 is 0.870 bits per heavy atom. The van der Waals surface area contributed by atoms with Gasteiger partial charge in [-0.3, -0.25) is 0 Å². The summed E-state index contributed by atoms with van der Waals surface area (Å²) in [5, 5.41) is 4.71. The van der Waals surface area contributed by atoms with Crippen molar-refractivity contribution in [1.29, 1.82) is 0 Å². The van der Waals surface area contributed by atoms with Gasteiger partial charge < -0.3 is 9.80 Å². The first-order chi connectivity index (χ1) is 11.2. The molecular weight excluding hydrogens is 282 g/mol. The molecule has 2 aromatic carbocycles. The Morgan fingerprint density at radius 1 is 0.565 bits per heavy atom. The van der Waals surface area contributed by atoms with Crippen molar-refractivity contribution < 1.29 is 0 Å². The number of hydrogen-bond donors (Lipinski definition) is 0. The van der Waals surface area contributed by atoms with Crippen molar-refractivity contribution in [3.05, 3.63) is 48.5 Å². The van der Waals surface area contributed by atoms with Gasteiger partial charge in [-0.15, -0.1) is 0 Å². The molecule has 0 saturated heterocycles. The molecule has 0 atom stereocenters. The quantitative estimate of drug-likeness (QED) is 0.688. The molecule has 0 fully saturated rings. The van der Waals surface area contributed by atoms with E-state index in [4.69, 9.17) is 5.32 Å². The van der Waals surface area contributed by atoms with E-state index in [2.05, 4.69) is 86.0 Å². The van der Waals surface area contributed by atoms with E-state index in [1.807, 2.05) is 0 Å². The second kappa shape index (κ2) is 8.47. The van der Waals surface area contributed by atoms with Gasteiger partial charge in [-0.1, -0.05) is 0 Å². The lowest BCUT2D eigenvalue weighted by Gasteiger charge is -2.21. The summed E-state index contributed by atoms with van der Waals surface area (Å²) in [5.41, 5.74) is 4.50. The highest BCUT2D eigenvalue weighted by atomic mass is 15.1. The van der Waals surface area contributed by atoms with Crippen molar-refractivity contribution in [3.8, 4) is 0 Å². The van der Waals surface area contributed by atoms with Crippen LogP contribution in [-0.4, -0.2) is 26.2 Å². The van der Waals surface area contributed by atoms with Crippen LogP contribution in [0.5, 0.6) is 0 Å². The van der Waals surface area contributed by atoms with Crippen LogP contribution in [0.3, 0.4) is 0 Å². The Kier molecular flexibility index (Phi) is 6.33. The monoisotopic (exact) mass is 310 g/mol.